The maximum Gasteiger partial charge on any atom is 0.140 e. The largest absolute Gasteiger partial charge is 0.487 e. The summed E-state index contributed by atoms with van der Waals surface area (Å²) >= 11 is 3.62. The number of hydrogen-bond donors (Lipinski definition) is 0. The van der Waals surface area contributed by atoms with Crippen LogP contribution in [0.2, 0.25) is 0 Å². The molecule has 0 saturated carbocycles. The maximum atomic E-state index is 5.90. The minimum Gasteiger partial charge on any atom is -0.487 e. The molecule has 20 heavy (non-hydrogen) atoms. The first-order valence-corrected chi connectivity index (χ1v) is 7.18. The molecule has 1 heterocycles. The predicted molar refractivity (Wildman–Crippen MR) is 82.0 cm³/mol. The fraction of sp³-hybridized carbons (Fsp3) is 0.188. The van der Waals surface area contributed by atoms with Crippen LogP contribution in [0.15, 0.2) is 45.4 Å². The lowest BCUT2D eigenvalue weighted by molar-refractivity contribution is 0.300. The first-order chi connectivity index (χ1) is 9.66. The van der Waals surface area contributed by atoms with Crippen molar-refractivity contribution in [3.05, 3.63) is 57.9 Å². The van der Waals surface area contributed by atoms with Crippen LogP contribution >= 0.6 is 15.9 Å². The molecule has 3 rings (SSSR count). The van der Waals surface area contributed by atoms with Crippen LogP contribution in [0.25, 0.3) is 10.8 Å². The highest BCUT2D eigenvalue weighted by Gasteiger charge is 2.11. The van der Waals surface area contributed by atoms with Gasteiger partial charge in [0.2, 0.25) is 0 Å². The van der Waals surface area contributed by atoms with Gasteiger partial charge < -0.3 is 9.26 Å². The molecule has 0 radical (unpaired) electrons. The van der Waals surface area contributed by atoms with Crippen molar-refractivity contribution in [1.82, 2.24) is 5.16 Å². The number of nitrogens with zero attached hydrogens (tertiary/aromatic N) is 1. The van der Waals surface area contributed by atoms with Crippen LogP contribution in [0.3, 0.4) is 0 Å². The Bertz CT molecular complexity index is 745. The van der Waals surface area contributed by atoms with E-state index in [0.717, 1.165) is 32.6 Å². The molecule has 0 N–H and O–H groups in total. The molecular formula is C16H14BrNO2. The van der Waals surface area contributed by atoms with Gasteiger partial charge in [-0.15, -0.1) is 0 Å². The van der Waals surface area contributed by atoms with Crippen LogP contribution in [-0.4, -0.2) is 5.16 Å². The van der Waals surface area contributed by atoms with E-state index < -0.39 is 0 Å². The van der Waals surface area contributed by atoms with E-state index in [9.17, 15) is 0 Å². The van der Waals surface area contributed by atoms with Gasteiger partial charge >= 0.3 is 0 Å². The van der Waals surface area contributed by atoms with Gasteiger partial charge in [-0.05, 0) is 46.6 Å². The molecule has 0 spiro atoms. The summed E-state index contributed by atoms with van der Waals surface area (Å²) < 4.78 is 12.0. The molecule has 3 aromatic rings. The molecule has 0 aliphatic heterocycles. The Kier molecular flexibility index (Phi) is 3.49. The second-order valence-electron chi connectivity index (χ2n) is 4.69. The van der Waals surface area contributed by atoms with E-state index in [0.29, 0.717) is 6.61 Å². The van der Waals surface area contributed by atoms with Gasteiger partial charge in [0, 0.05) is 0 Å². The first kappa shape index (κ1) is 13.2. The molecule has 4 heteroatoms. The van der Waals surface area contributed by atoms with Crippen LogP contribution in [0.1, 0.15) is 17.0 Å². The lowest BCUT2D eigenvalue weighted by Crippen LogP contribution is -1.98. The van der Waals surface area contributed by atoms with E-state index in [1.165, 1.54) is 5.39 Å². The third kappa shape index (κ3) is 2.31. The van der Waals surface area contributed by atoms with Gasteiger partial charge in [0.05, 0.1) is 15.7 Å². The Morgan fingerprint density at radius 2 is 1.95 bits per heavy atom. The average molecular weight is 332 g/mol. The highest BCUT2D eigenvalue weighted by atomic mass is 79.9. The number of aromatic nitrogens is 1. The molecular weight excluding hydrogens is 318 g/mol. The van der Waals surface area contributed by atoms with Crippen molar-refractivity contribution in [3.63, 3.8) is 0 Å². The van der Waals surface area contributed by atoms with Crippen molar-refractivity contribution >= 4 is 26.7 Å². The van der Waals surface area contributed by atoms with Crippen LogP contribution in [0.4, 0.5) is 0 Å². The summed E-state index contributed by atoms with van der Waals surface area (Å²) in [6.45, 7) is 4.27. The van der Waals surface area contributed by atoms with Gasteiger partial charge in [0.1, 0.15) is 18.1 Å². The summed E-state index contributed by atoms with van der Waals surface area (Å²) in [5.41, 5.74) is 1.88. The van der Waals surface area contributed by atoms with E-state index in [4.69, 9.17) is 9.26 Å². The van der Waals surface area contributed by atoms with Crippen molar-refractivity contribution in [2.24, 2.45) is 0 Å². The minimum atomic E-state index is 0.456. The van der Waals surface area contributed by atoms with Crippen LogP contribution in [0, 0.1) is 13.8 Å². The van der Waals surface area contributed by atoms with Crippen molar-refractivity contribution in [2.45, 2.75) is 20.5 Å². The van der Waals surface area contributed by atoms with E-state index in [1.54, 1.807) is 0 Å². The summed E-state index contributed by atoms with van der Waals surface area (Å²) in [4.78, 5) is 0. The highest BCUT2D eigenvalue weighted by molar-refractivity contribution is 9.10. The van der Waals surface area contributed by atoms with E-state index in [2.05, 4.69) is 39.3 Å². The summed E-state index contributed by atoms with van der Waals surface area (Å²) in [6, 6.07) is 12.2. The lowest BCUT2D eigenvalue weighted by Gasteiger charge is -2.10. The molecule has 3 nitrogen and oxygen atoms in total. The average Bonchev–Trinajstić information content (AvgIpc) is 2.78. The normalized spacial score (nSPS) is 10.9. The summed E-state index contributed by atoms with van der Waals surface area (Å²) in [5.74, 6) is 1.63. The Morgan fingerprint density at radius 3 is 2.70 bits per heavy atom. The van der Waals surface area contributed by atoms with Gasteiger partial charge in [-0.3, -0.25) is 0 Å². The molecule has 0 fully saturated rings. The van der Waals surface area contributed by atoms with Crippen LogP contribution in [-0.2, 0) is 6.61 Å². The van der Waals surface area contributed by atoms with Gasteiger partial charge in [0.25, 0.3) is 0 Å². The first-order valence-electron chi connectivity index (χ1n) is 6.38. The second kappa shape index (κ2) is 5.29. The molecule has 0 aliphatic carbocycles. The zero-order valence-electron chi connectivity index (χ0n) is 11.3. The molecule has 0 atom stereocenters. The molecule has 1 aromatic heterocycles. The lowest BCUT2D eigenvalue weighted by atomic mass is 10.1. The predicted octanol–water partition coefficient (Wildman–Crippen LogP) is 4.79. The molecule has 0 unspecified atom stereocenters. The number of hydrogen-bond acceptors (Lipinski definition) is 3. The van der Waals surface area contributed by atoms with E-state index in [1.807, 2.05) is 32.0 Å². The minimum absolute atomic E-state index is 0.456. The summed E-state index contributed by atoms with van der Waals surface area (Å²) in [5, 5.41) is 6.26. The fourth-order valence-electron chi connectivity index (χ4n) is 2.18. The van der Waals surface area contributed by atoms with Gasteiger partial charge in [-0.2, -0.15) is 0 Å². The van der Waals surface area contributed by atoms with Crippen LogP contribution in [0.5, 0.6) is 5.75 Å². The Morgan fingerprint density at radius 1 is 1.15 bits per heavy atom. The Hall–Kier alpha value is -1.81. The molecule has 0 saturated heterocycles. The van der Waals surface area contributed by atoms with Gasteiger partial charge in [-0.1, -0.05) is 35.5 Å². The number of aryl methyl sites for hydroxylation is 2. The monoisotopic (exact) mass is 331 g/mol. The third-order valence-corrected chi connectivity index (χ3v) is 4.20. The summed E-state index contributed by atoms with van der Waals surface area (Å²) in [6.07, 6.45) is 0. The number of ether oxygens (including phenoxy) is 1. The number of fused-ring (bicyclic) bond motifs is 1. The van der Waals surface area contributed by atoms with Crippen molar-refractivity contribution in [3.8, 4) is 5.75 Å². The number of halogens is 1. The zero-order valence-corrected chi connectivity index (χ0v) is 12.9. The molecule has 2 aromatic carbocycles. The Balaban J connectivity index is 1.90. The van der Waals surface area contributed by atoms with E-state index in [-0.39, 0.29) is 0 Å². The second-order valence-corrected chi connectivity index (χ2v) is 5.48. The highest BCUT2D eigenvalue weighted by Crippen LogP contribution is 2.33. The smallest absolute Gasteiger partial charge is 0.140 e. The van der Waals surface area contributed by atoms with Crippen molar-refractivity contribution in [1.29, 1.82) is 0 Å². The van der Waals surface area contributed by atoms with Crippen molar-refractivity contribution < 1.29 is 9.26 Å². The molecule has 0 bridgehead atoms. The number of benzene rings is 2. The van der Waals surface area contributed by atoms with Gasteiger partial charge in [0.15, 0.2) is 0 Å². The van der Waals surface area contributed by atoms with Gasteiger partial charge in [-0.25, -0.2) is 0 Å². The number of rotatable bonds is 3. The third-order valence-electron chi connectivity index (χ3n) is 3.38. The SMILES string of the molecule is Cc1noc(C)c1COc1ccc2ccccc2c1Br. The summed E-state index contributed by atoms with van der Waals surface area (Å²) in [7, 11) is 0. The fourth-order valence-corrected chi connectivity index (χ4v) is 2.79. The zero-order chi connectivity index (χ0) is 14.1. The molecule has 102 valence electrons. The maximum absolute atomic E-state index is 5.90. The standard InChI is InChI=1S/C16H14BrNO2/c1-10-14(11(2)20-18-10)9-19-15-8-7-12-5-3-4-6-13(12)16(15)17/h3-8H,9H2,1-2H3. The van der Waals surface area contributed by atoms with Crippen molar-refractivity contribution in [2.75, 3.05) is 0 Å². The van der Waals surface area contributed by atoms with E-state index >= 15 is 0 Å². The Labute approximate surface area is 125 Å². The molecule has 0 amide bonds. The quantitative estimate of drug-likeness (QED) is 0.692. The topological polar surface area (TPSA) is 35.3 Å². The molecule has 0 aliphatic rings. The van der Waals surface area contributed by atoms with Crippen LogP contribution < -0.4 is 4.74 Å².